The molecule has 4 nitrogen and oxygen atoms in total. The van der Waals surface area contributed by atoms with E-state index in [1.54, 1.807) is 6.20 Å². The first-order valence-corrected chi connectivity index (χ1v) is 6.61. The minimum Gasteiger partial charge on any atom is -0.493 e. The van der Waals surface area contributed by atoms with Crippen molar-refractivity contribution in [3.05, 3.63) is 41.7 Å². The van der Waals surface area contributed by atoms with Gasteiger partial charge in [0.05, 0.1) is 18.4 Å². The molecule has 18 heavy (non-hydrogen) atoms. The van der Waals surface area contributed by atoms with Crippen molar-refractivity contribution in [3.63, 3.8) is 0 Å². The third-order valence-electron chi connectivity index (χ3n) is 2.82. The normalized spacial score (nSPS) is 13.8. The largest absolute Gasteiger partial charge is 0.493 e. The minimum absolute atomic E-state index is 0.000396. The number of fused-ring (bicyclic) bond motifs is 1. The van der Waals surface area contributed by atoms with Crippen molar-refractivity contribution < 1.29 is 9.53 Å². The summed E-state index contributed by atoms with van der Waals surface area (Å²) in [6, 6.07) is 5.91. The van der Waals surface area contributed by atoms with Gasteiger partial charge in [-0.3, -0.25) is 9.89 Å². The molecule has 0 atom stereocenters. The van der Waals surface area contributed by atoms with Gasteiger partial charge in [0.1, 0.15) is 5.75 Å². The second-order valence-electron chi connectivity index (χ2n) is 4.10. The number of thioether (sulfide) groups is 1. The van der Waals surface area contributed by atoms with Crippen LogP contribution in [0, 0.1) is 0 Å². The third kappa shape index (κ3) is 2.26. The number of hydrogen-bond acceptors (Lipinski definition) is 4. The first-order chi connectivity index (χ1) is 8.83. The van der Waals surface area contributed by atoms with Crippen LogP contribution in [0.5, 0.6) is 5.75 Å². The zero-order valence-corrected chi connectivity index (χ0v) is 10.5. The van der Waals surface area contributed by atoms with Crippen molar-refractivity contribution in [3.8, 4) is 5.75 Å². The summed E-state index contributed by atoms with van der Waals surface area (Å²) in [7, 11) is 0. The Labute approximate surface area is 109 Å². The van der Waals surface area contributed by atoms with E-state index < -0.39 is 0 Å². The van der Waals surface area contributed by atoms with Crippen LogP contribution in [0.15, 0.2) is 35.5 Å². The number of benzene rings is 1. The van der Waals surface area contributed by atoms with Gasteiger partial charge in [-0.05, 0) is 48.4 Å². The van der Waals surface area contributed by atoms with Crippen LogP contribution < -0.4 is 4.74 Å². The summed E-state index contributed by atoms with van der Waals surface area (Å²) >= 11 is 1.22. The molecule has 5 heteroatoms. The summed E-state index contributed by atoms with van der Waals surface area (Å²) in [5.74, 6) is 0.946. The van der Waals surface area contributed by atoms with E-state index >= 15 is 0 Å². The fourth-order valence-electron chi connectivity index (χ4n) is 1.93. The van der Waals surface area contributed by atoms with Crippen molar-refractivity contribution in [2.45, 2.75) is 17.7 Å². The number of nitrogens with zero attached hydrogens (tertiary/aromatic N) is 1. The number of rotatable bonds is 2. The van der Waals surface area contributed by atoms with Crippen LogP contribution in [0.2, 0.25) is 0 Å². The number of carbonyl (C=O) groups is 1. The maximum Gasteiger partial charge on any atom is 0.227 e. The Bertz CT molecular complexity index is 566. The van der Waals surface area contributed by atoms with E-state index in [1.165, 1.54) is 23.5 Å². The number of aromatic nitrogens is 2. The van der Waals surface area contributed by atoms with Crippen LogP contribution in [0.1, 0.15) is 22.3 Å². The predicted octanol–water partition coefficient (Wildman–Crippen LogP) is 2.67. The van der Waals surface area contributed by atoms with Crippen molar-refractivity contribution >= 4 is 16.9 Å². The standard InChI is InChI=1S/C13H12N2O2S/c16-13(10-7-14-15-8-10)18-11-3-4-12-9(6-11)2-1-5-17-12/h3-4,6-8H,1-2,5H2,(H,14,15). The van der Waals surface area contributed by atoms with Gasteiger partial charge in [-0.25, -0.2) is 0 Å². The van der Waals surface area contributed by atoms with Crippen molar-refractivity contribution in [2.24, 2.45) is 0 Å². The lowest BCUT2D eigenvalue weighted by atomic mass is 10.1. The lowest BCUT2D eigenvalue weighted by Crippen LogP contribution is -2.08. The van der Waals surface area contributed by atoms with E-state index in [9.17, 15) is 4.79 Å². The van der Waals surface area contributed by atoms with Crippen LogP contribution in [0.25, 0.3) is 0 Å². The highest BCUT2D eigenvalue weighted by atomic mass is 32.2. The van der Waals surface area contributed by atoms with Crippen LogP contribution in [-0.2, 0) is 6.42 Å². The highest BCUT2D eigenvalue weighted by Gasteiger charge is 2.13. The summed E-state index contributed by atoms with van der Waals surface area (Å²) < 4.78 is 5.55. The minimum atomic E-state index is 0.000396. The number of hydrogen-bond donors (Lipinski definition) is 1. The molecule has 0 aliphatic carbocycles. The molecule has 3 rings (SSSR count). The average Bonchev–Trinajstić information content (AvgIpc) is 2.92. The van der Waals surface area contributed by atoms with E-state index in [-0.39, 0.29) is 5.12 Å². The maximum absolute atomic E-state index is 11.9. The van der Waals surface area contributed by atoms with E-state index in [0.29, 0.717) is 5.56 Å². The summed E-state index contributed by atoms with van der Waals surface area (Å²) in [5, 5.41) is 6.42. The first kappa shape index (κ1) is 11.3. The number of H-pyrrole nitrogens is 1. The Morgan fingerprint density at radius 3 is 3.22 bits per heavy atom. The third-order valence-corrected chi connectivity index (χ3v) is 3.74. The Morgan fingerprint density at radius 2 is 2.39 bits per heavy atom. The average molecular weight is 260 g/mol. The van der Waals surface area contributed by atoms with Crippen LogP contribution >= 0.6 is 11.8 Å². The van der Waals surface area contributed by atoms with Gasteiger partial charge in [0.2, 0.25) is 5.12 Å². The molecule has 0 saturated heterocycles. The van der Waals surface area contributed by atoms with Crippen molar-refractivity contribution in [1.29, 1.82) is 0 Å². The van der Waals surface area contributed by atoms with Gasteiger partial charge in [-0.15, -0.1) is 0 Å². The summed E-state index contributed by atoms with van der Waals surface area (Å²) in [6.45, 7) is 0.785. The molecular weight excluding hydrogens is 248 g/mol. The fourth-order valence-corrected chi connectivity index (χ4v) is 2.71. The zero-order valence-electron chi connectivity index (χ0n) is 9.68. The Morgan fingerprint density at radius 1 is 1.44 bits per heavy atom. The Kier molecular flexibility index (Phi) is 3.06. The topological polar surface area (TPSA) is 55.0 Å². The second-order valence-corrected chi connectivity index (χ2v) is 5.14. The fraction of sp³-hybridized carbons (Fsp3) is 0.231. The predicted molar refractivity (Wildman–Crippen MR) is 69.0 cm³/mol. The summed E-state index contributed by atoms with van der Waals surface area (Å²) in [5.41, 5.74) is 1.78. The molecule has 1 aliphatic rings. The number of aryl methyl sites for hydroxylation is 1. The molecule has 0 amide bonds. The lowest BCUT2D eigenvalue weighted by molar-refractivity contribution is 0.108. The van der Waals surface area contributed by atoms with Crippen molar-refractivity contribution in [1.82, 2.24) is 10.2 Å². The highest BCUT2D eigenvalue weighted by molar-refractivity contribution is 8.14. The number of carbonyl (C=O) groups excluding carboxylic acids is 1. The van der Waals surface area contributed by atoms with E-state index in [1.807, 2.05) is 18.2 Å². The van der Waals surface area contributed by atoms with Gasteiger partial charge < -0.3 is 4.74 Å². The van der Waals surface area contributed by atoms with Gasteiger partial charge in [0.15, 0.2) is 0 Å². The molecule has 1 N–H and O–H groups in total. The number of aromatic amines is 1. The number of nitrogens with one attached hydrogen (secondary N) is 1. The monoisotopic (exact) mass is 260 g/mol. The molecule has 0 spiro atoms. The van der Waals surface area contributed by atoms with Crippen LogP contribution in [0.3, 0.4) is 0 Å². The van der Waals surface area contributed by atoms with E-state index in [4.69, 9.17) is 4.74 Å². The Balaban J connectivity index is 1.79. The molecule has 2 aromatic rings. The van der Waals surface area contributed by atoms with Gasteiger partial charge in [0, 0.05) is 11.1 Å². The molecular formula is C13H12N2O2S. The highest BCUT2D eigenvalue weighted by Crippen LogP contribution is 2.30. The molecule has 1 aliphatic heterocycles. The molecule has 1 aromatic carbocycles. The smallest absolute Gasteiger partial charge is 0.227 e. The first-order valence-electron chi connectivity index (χ1n) is 5.79. The van der Waals surface area contributed by atoms with Gasteiger partial charge in [-0.1, -0.05) is 0 Å². The van der Waals surface area contributed by atoms with E-state index in [0.717, 1.165) is 30.1 Å². The van der Waals surface area contributed by atoms with Gasteiger partial charge >= 0.3 is 0 Å². The molecule has 92 valence electrons. The molecule has 0 unspecified atom stereocenters. The lowest BCUT2D eigenvalue weighted by Gasteiger charge is -2.17. The van der Waals surface area contributed by atoms with Crippen LogP contribution in [-0.4, -0.2) is 21.9 Å². The second kappa shape index (κ2) is 4.86. The summed E-state index contributed by atoms with van der Waals surface area (Å²) in [4.78, 5) is 12.9. The molecule has 0 radical (unpaired) electrons. The van der Waals surface area contributed by atoms with Crippen molar-refractivity contribution in [2.75, 3.05) is 6.61 Å². The zero-order chi connectivity index (χ0) is 12.4. The van der Waals surface area contributed by atoms with E-state index in [2.05, 4.69) is 10.2 Å². The van der Waals surface area contributed by atoms with Gasteiger partial charge in [0.25, 0.3) is 0 Å². The summed E-state index contributed by atoms with van der Waals surface area (Å²) in [6.07, 6.45) is 5.20. The van der Waals surface area contributed by atoms with Gasteiger partial charge in [-0.2, -0.15) is 5.10 Å². The Hall–Kier alpha value is -1.75. The molecule has 0 saturated carbocycles. The number of ether oxygens (including phenoxy) is 1. The quantitative estimate of drug-likeness (QED) is 0.843. The molecule has 2 heterocycles. The molecule has 0 fully saturated rings. The molecule has 1 aromatic heterocycles. The van der Waals surface area contributed by atoms with Crippen LogP contribution in [0.4, 0.5) is 0 Å². The molecule has 0 bridgehead atoms. The SMILES string of the molecule is O=C(Sc1ccc2c(c1)CCCO2)c1cn[nH]c1. The maximum atomic E-state index is 11.9.